The molecule has 2 aromatic heterocycles. The topological polar surface area (TPSA) is 68.5 Å². The molecule has 2 aliphatic rings. The van der Waals surface area contributed by atoms with E-state index >= 15 is 0 Å². The van der Waals surface area contributed by atoms with E-state index in [1.54, 1.807) is 0 Å². The van der Waals surface area contributed by atoms with Crippen molar-refractivity contribution in [2.45, 2.75) is 76.6 Å². The number of nitrogens with zero attached hydrogens (tertiary/aromatic N) is 5. The van der Waals surface area contributed by atoms with Crippen LogP contribution in [-0.4, -0.2) is 30.8 Å². The second-order valence-corrected chi connectivity index (χ2v) is 8.02. The molecule has 0 radical (unpaired) electrons. The average Bonchev–Trinajstić information content (AvgIpc) is 3.11. The summed E-state index contributed by atoms with van der Waals surface area (Å²) in [7, 11) is 0. The van der Waals surface area contributed by atoms with Gasteiger partial charge in [0.05, 0.1) is 11.3 Å². The zero-order valence-electron chi connectivity index (χ0n) is 16.5. The summed E-state index contributed by atoms with van der Waals surface area (Å²) < 4.78 is 41.8. The van der Waals surface area contributed by atoms with Crippen molar-refractivity contribution in [3.05, 3.63) is 35.7 Å². The summed E-state index contributed by atoms with van der Waals surface area (Å²) >= 11 is 0. The normalized spacial score (nSPS) is 22.2. The largest absolute Gasteiger partial charge is 0.419 e. The van der Waals surface area contributed by atoms with Gasteiger partial charge in [0.2, 0.25) is 5.95 Å². The molecule has 29 heavy (non-hydrogen) atoms. The highest BCUT2D eigenvalue weighted by Gasteiger charge is 2.35. The first-order valence-corrected chi connectivity index (χ1v) is 10.1. The summed E-state index contributed by atoms with van der Waals surface area (Å²) in [5, 5.41) is 12.1. The smallest absolute Gasteiger partial charge is 0.351 e. The molecular formula is C20H25F3N6. The molecule has 0 saturated heterocycles. The van der Waals surface area contributed by atoms with Crippen LogP contribution in [0.4, 0.5) is 19.1 Å². The summed E-state index contributed by atoms with van der Waals surface area (Å²) in [6.45, 7) is 6.13. The number of hydrogen-bond donors (Lipinski definition) is 1. The molecule has 2 aromatic rings. The van der Waals surface area contributed by atoms with Crippen molar-refractivity contribution in [2.24, 2.45) is 0 Å². The standard InChI is InChI=1S/C20H25F3N6/c1-12(2)17-15(20(21,22)23)11-24-19(26-17)25-14-7-5-6-13(10-14)18-28-27-16-8-3-4-9-29(16)18/h11,13-14H,1,3-10H2,2H3,(H,24,25,26)/t13-,14+/m0/s1. The van der Waals surface area contributed by atoms with Crippen molar-refractivity contribution in [3.63, 3.8) is 0 Å². The fourth-order valence-electron chi connectivity index (χ4n) is 4.35. The van der Waals surface area contributed by atoms with Crippen LogP contribution in [0.2, 0.25) is 0 Å². The Morgan fingerprint density at radius 3 is 2.79 bits per heavy atom. The Bertz CT molecular complexity index is 904. The lowest BCUT2D eigenvalue weighted by Crippen LogP contribution is -2.29. The monoisotopic (exact) mass is 406 g/mol. The molecule has 0 amide bonds. The lowest BCUT2D eigenvalue weighted by Gasteiger charge is -2.30. The van der Waals surface area contributed by atoms with Crippen LogP contribution in [0.25, 0.3) is 5.57 Å². The van der Waals surface area contributed by atoms with E-state index < -0.39 is 11.7 Å². The molecule has 0 bridgehead atoms. The molecule has 0 spiro atoms. The number of hydrogen-bond acceptors (Lipinski definition) is 5. The lowest BCUT2D eigenvalue weighted by atomic mass is 9.85. The fraction of sp³-hybridized carbons (Fsp3) is 0.600. The maximum atomic E-state index is 13.2. The molecule has 6 nitrogen and oxygen atoms in total. The van der Waals surface area contributed by atoms with Crippen LogP contribution >= 0.6 is 0 Å². The molecule has 1 aliphatic heterocycles. The number of nitrogens with one attached hydrogen (secondary N) is 1. The molecule has 9 heteroatoms. The van der Waals surface area contributed by atoms with Gasteiger partial charge in [-0.3, -0.25) is 0 Å². The predicted molar refractivity (Wildman–Crippen MR) is 103 cm³/mol. The first kappa shape index (κ1) is 19.8. The van der Waals surface area contributed by atoms with E-state index in [0.29, 0.717) is 0 Å². The van der Waals surface area contributed by atoms with Crippen LogP contribution in [0.15, 0.2) is 12.8 Å². The molecule has 2 atom stereocenters. The zero-order valence-corrected chi connectivity index (χ0v) is 16.5. The Morgan fingerprint density at radius 1 is 1.21 bits per heavy atom. The predicted octanol–water partition coefficient (Wildman–Crippen LogP) is 4.59. The highest BCUT2D eigenvalue weighted by Crippen LogP contribution is 2.36. The van der Waals surface area contributed by atoms with Gasteiger partial charge in [0, 0.05) is 31.1 Å². The third kappa shape index (κ3) is 4.13. The van der Waals surface area contributed by atoms with E-state index in [-0.39, 0.29) is 29.2 Å². The lowest BCUT2D eigenvalue weighted by molar-refractivity contribution is -0.138. The van der Waals surface area contributed by atoms with Crippen LogP contribution in [-0.2, 0) is 19.1 Å². The van der Waals surface area contributed by atoms with Crippen LogP contribution in [0.1, 0.15) is 74.3 Å². The molecule has 1 aliphatic carbocycles. The maximum Gasteiger partial charge on any atom is 0.419 e. The Hall–Kier alpha value is -2.45. The average molecular weight is 406 g/mol. The number of aryl methyl sites for hydroxylation is 1. The van der Waals surface area contributed by atoms with Crippen molar-refractivity contribution in [3.8, 4) is 0 Å². The van der Waals surface area contributed by atoms with Crippen LogP contribution < -0.4 is 5.32 Å². The number of alkyl halides is 3. The quantitative estimate of drug-likeness (QED) is 0.804. The van der Waals surface area contributed by atoms with Gasteiger partial charge in [-0.05, 0) is 44.6 Å². The van der Waals surface area contributed by atoms with Crippen LogP contribution in [0, 0.1) is 0 Å². The van der Waals surface area contributed by atoms with E-state index in [4.69, 9.17) is 0 Å². The third-order valence-corrected chi connectivity index (χ3v) is 5.76. The SMILES string of the molecule is C=C(C)c1nc(N[C@@H]2CCC[C@H](c3nnc4n3CCCC4)C2)ncc1C(F)(F)F. The highest BCUT2D eigenvalue weighted by molar-refractivity contribution is 5.62. The van der Waals surface area contributed by atoms with Crippen molar-refractivity contribution in [1.82, 2.24) is 24.7 Å². The third-order valence-electron chi connectivity index (χ3n) is 5.76. The number of allylic oxidation sites excluding steroid dienone is 1. The number of fused-ring (bicyclic) bond motifs is 1. The van der Waals surface area contributed by atoms with Gasteiger partial charge in [0.1, 0.15) is 11.6 Å². The molecular weight excluding hydrogens is 381 g/mol. The Morgan fingerprint density at radius 2 is 2.03 bits per heavy atom. The molecule has 1 saturated carbocycles. The number of anilines is 1. The molecule has 0 unspecified atom stereocenters. The molecule has 1 N–H and O–H groups in total. The van der Waals surface area contributed by atoms with Crippen molar-refractivity contribution < 1.29 is 13.2 Å². The first-order valence-electron chi connectivity index (χ1n) is 10.1. The maximum absolute atomic E-state index is 13.2. The molecule has 3 heterocycles. The van der Waals surface area contributed by atoms with Crippen LogP contribution in [0.5, 0.6) is 0 Å². The molecule has 0 aromatic carbocycles. The zero-order chi connectivity index (χ0) is 20.6. The van der Waals surface area contributed by atoms with E-state index in [9.17, 15) is 13.2 Å². The second kappa shape index (κ2) is 7.76. The fourth-order valence-corrected chi connectivity index (χ4v) is 4.35. The summed E-state index contributed by atoms with van der Waals surface area (Å²) in [6, 6.07) is 0.0833. The van der Waals surface area contributed by atoms with Crippen molar-refractivity contribution >= 4 is 11.5 Å². The van der Waals surface area contributed by atoms with Gasteiger partial charge < -0.3 is 9.88 Å². The number of aromatic nitrogens is 5. The minimum atomic E-state index is -4.50. The van der Waals surface area contributed by atoms with Gasteiger partial charge in [-0.2, -0.15) is 13.2 Å². The van der Waals surface area contributed by atoms with Gasteiger partial charge >= 0.3 is 6.18 Å². The molecule has 4 rings (SSSR count). The second-order valence-electron chi connectivity index (χ2n) is 8.02. The van der Waals surface area contributed by atoms with E-state index in [1.807, 2.05) is 0 Å². The number of halogens is 3. The molecule has 156 valence electrons. The summed E-state index contributed by atoms with van der Waals surface area (Å²) in [4.78, 5) is 8.04. The summed E-state index contributed by atoms with van der Waals surface area (Å²) in [5.74, 6) is 2.61. The first-order chi connectivity index (χ1) is 13.8. The van der Waals surface area contributed by atoms with Crippen molar-refractivity contribution in [2.75, 3.05) is 5.32 Å². The highest BCUT2D eigenvalue weighted by atomic mass is 19.4. The van der Waals surface area contributed by atoms with Gasteiger partial charge in [0.15, 0.2) is 0 Å². The van der Waals surface area contributed by atoms with E-state index in [0.717, 1.165) is 69.3 Å². The summed E-state index contributed by atoms with van der Waals surface area (Å²) in [6.07, 6.45) is 3.43. The minimum Gasteiger partial charge on any atom is -0.351 e. The van der Waals surface area contributed by atoms with Gasteiger partial charge in [-0.25, -0.2) is 9.97 Å². The van der Waals surface area contributed by atoms with Gasteiger partial charge in [-0.15, -0.1) is 10.2 Å². The Labute approximate surface area is 167 Å². The number of rotatable bonds is 4. The Kier molecular flexibility index (Phi) is 5.31. The van der Waals surface area contributed by atoms with E-state index in [2.05, 4.69) is 36.6 Å². The van der Waals surface area contributed by atoms with E-state index in [1.165, 1.54) is 6.92 Å². The molecule has 1 fully saturated rings. The van der Waals surface area contributed by atoms with Gasteiger partial charge in [0.25, 0.3) is 0 Å². The van der Waals surface area contributed by atoms with Gasteiger partial charge in [-0.1, -0.05) is 13.0 Å². The van der Waals surface area contributed by atoms with Crippen molar-refractivity contribution in [1.29, 1.82) is 0 Å². The van der Waals surface area contributed by atoms with Crippen LogP contribution in [0.3, 0.4) is 0 Å². The summed E-state index contributed by atoms with van der Waals surface area (Å²) in [5.41, 5.74) is -0.750. The Balaban J connectivity index is 1.51. The minimum absolute atomic E-state index is 0.0833.